The highest BCUT2D eigenvalue weighted by molar-refractivity contribution is 5.74. The van der Waals surface area contributed by atoms with E-state index in [-0.39, 0.29) is 24.5 Å². The summed E-state index contributed by atoms with van der Waals surface area (Å²) in [7, 11) is 3.21. The van der Waals surface area contributed by atoms with Gasteiger partial charge < -0.3 is 24.6 Å². The zero-order chi connectivity index (χ0) is 22.2. The number of carbonyl (C=O) groups is 1. The highest BCUT2D eigenvalue weighted by atomic mass is 16.5. The van der Waals surface area contributed by atoms with Gasteiger partial charge in [0.1, 0.15) is 0 Å². The van der Waals surface area contributed by atoms with Crippen molar-refractivity contribution in [3.63, 3.8) is 0 Å². The molecule has 0 bridgehead atoms. The van der Waals surface area contributed by atoms with Gasteiger partial charge in [-0.25, -0.2) is 4.79 Å². The van der Waals surface area contributed by atoms with Crippen LogP contribution in [0.25, 0.3) is 0 Å². The van der Waals surface area contributed by atoms with Gasteiger partial charge in [-0.05, 0) is 35.6 Å². The quantitative estimate of drug-likeness (QED) is 0.525. The Bertz CT molecular complexity index is 985. The summed E-state index contributed by atoms with van der Waals surface area (Å²) in [4.78, 5) is 12.6. The van der Waals surface area contributed by atoms with Crippen LogP contribution < -0.4 is 20.1 Å². The van der Waals surface area contributed by atoms with E-state index < -0.39 is 0 Å². The summed E-state index contributed by atoms with van der Waals surface area (Å²) in [6, 6.07) is 17.0. The molecule has 164 valence electrons. The number of nitrogens with zero attached hydrogens (tertiary/aromatic N) is 1. The van der Waals surface area contributed by atoms with E-state index in [4.69, 9.17) is 14.0 Å². The van der Waals surface area contributed by atoms with Gasteiger partial charge in [-0.3, -0.25) is 0 Å². The third kappa shape index (κ3) is 6.01. The second kappa shape index (κ2) is 10.5. The minimum absolute atomic E-state index is 0.222. The standard InChI is InChI=1S/C24H29N3O4/c1-16(2)20-14-19(31-27-20)15-25-24(28)26-21(18-8-6-5-7-9-18)12-17-10-11-22(29-3)23(13-17)30-4/h5-11,13-14,16,21H,12,15H2,1-4H3,(H2,25,26,28). The van der Waals surface area contributed by atoms with Crippen molar-refractivity contribution in [1.29, 1.82) is 0 Å². The minimum atomic E-state index is -0.281. The SMILES string of the molecule is COc1ccc(CC(NC(=O)NCc2cc(C(C)C)no2)c2ccccc2)cc1OC. The van der Waals surface area contributed by atoms with Gasteiger partial charge in [0, 0.05) is 6.07 Å². The van der Waals surface area contributed by atoms with Crippen LogP contribution in [-0.2, 0) is 13.0 Å². The number of aromatic nitrogens is 1. The van der Waals surface area contributed by atoms with Crippen LogP contribution in [-0.4, -0.2) is 25.4 Å². The van der Waals surface area contributed by atoms with Crippen LogP contribution in [0.1, 0.15) is 48.4 Å². The average molecular weight is 424 g/mol. The summed E-state index contributed by atoms with van der Waals surface area (Å²) in [5, 5.41) is 9.93. The summed E-state index contributed by atoms with van der Waals surface area (Å²) in [6.45, 7) is 4.35. The highest BCUT2D eigenvalue weighted by Crippen LogP contribution is 2.29. The molecule has 1 heterocycles. The Balaban J connectivity index is 1.70. The molecule has 0 aliphatic rings. The average Bonchev–Trinajstić information content (AvgIpc) is 3.27. The van der Waals surface area contributed by atoms with Crippen molar-refractivity contribution in [3.8, 4) is 11.5 Å². The maximum atomic E-state index is 12.6. The molecule has 1 atom stereocenters. The van der Waals surface area contributed by atoms with Gasteiger partial charge in [-0.15, -0.1) is 0 Å². The topological polar surface area (TPSA) is 85.6 Å². The Labute approximate surface area is 182 Å². The summed E-state index contributed by atoms with van der Waals surface area (Å²) in [5.74, 6) is 2.22. The molecule has 0 spiro atoms. The molecule has 2 amide bonds. The Hall–Kier alpha value is -3.48. The lowest BCUT2D eigenvalue weighted by molar-refractivity contribution is 0.235. The smallest absolute Gasteiger partial charge is 0.315 e. The van der Waals surface area contributed by atoms with Crippen LogP contribution >= 0.6 is 0 Å². The van der Waals surface area contributed by atoms with Crippen LogP contribution in [0.15, 0.2) is 59.1 Å². The van der Waals surface area contributed by atoms with E-state index in [1.807, 2.05) is 68.4 Å². The molecule has 0 radical (unpaired) electrons. The summed E-state index contributed by atoms with van der Waals surface area (Å²) in [5.41, 5.74) is 2.89. The number of hydrogen-bond donors (Lipinski definition) is 2. The first-order valence-electron chi connectivity index (χ1n) is 10.3. The maximum Gasteiger partial charge on any atom is 0.315 e. The molecule has 0 saturated heterocycles. The second-order valence-corrected chi connectivity index (χ2v) is 7.56. The van der Waals surface area contributed by atoms with Crippen LogP contribution in [0.4, 0.5) is 4.79 Å². The van der Waals surface area contributed by atoms with Gasteiger partial charge in [0.2, 0.25) is 0 Å². The van der Waals surface area contributed by atoms with Gasteiger partial charge in [0.25, 0.3) is 0 Å². The predicted molar refractivity (Wildman–Crippen MR) is 118 cm³/mol. The maximum absolute atomic E-state index is 12.6. The van der Waals surface area contributed by atoms with Crippen LogP contribution in [0.3, 0.4) is 0 Å². The van der Waals surface area contributed by atoms with Crippen molar-refractivity contribution in [2.75, 3.05) is 14.2 Å². The Kier molecular flexibility index (Phi) is 7.54. The fourth-order valence-electron chi connectivity index (χ4n) is 3.24. The summed E-state index contributed by atoms with van der Waals surface area (Å²) in [6.07, 6.45) is 0.595. The fraction of sp³-hybridized carbons (Fsp3) is 0.333. The molecule has 0 fully saturated rings. The number of carbonyl (C=O) groups excluding carboxylic acids is 1. The van der Waals surface area contributed by atoms with Gasteiger partial charge in [0.15, 0.2) is 17.3 Å². The number of hydrogen-bond acceptors (Lipinski definition) is 5. The molecule has 3 aromatic rings. The number of ether oxygens (including phenoxy) is 2. The van der Waals surface area contributed by atoms with E-state index in [0.29, 0.717) is 23.7 Å². The van der Waals surface area contributed by atoms with E-state index in [1.165, 1.54) is 0 Å². The molecule has 0 aliphatic carbocycles. The number of nitrogens with one attached hydrogen (secondary N) is 2. The molecule has 7 nitrogen and oxygen atoms in total. The second-order valence-electron chi connectivity index (χ2n) is 7.56. The van der Waals surface area contributed by atoms with Gasteiger partial charge >= 0.3 is 6.03 Å². The van der Waals surface area contributed by atoms with Crippen molar-refractivity contribution >= 4 is 6.03 Å². The molecule has 2 aromatic carbocycles. The predicted octanol–water partition coefficient (Wildman–Crippen LogP) is 4.60. The monoisotopic (exact) mass is 423 g/mol. The molecular formula is C24H29N3O4. The minimum Gasteiger partial charge on any atom is -0.493 e. The third-order valence-corrected chi connectivity index (χ3v) is 4.99. The van der Waals surface area contributed by atoms with Gasteiger partial charge in [0.05, 0.1) is 32.5 Å². The molecule has 2 N–H and O–H groups in total. The molecule has 7 heteroatoms. The largest absolute Gasteiger partial charge is 0.493 e. The lowest BCUT2D eigenvalue weighted by Crippen LogP contribution is -2.38. The molecule has 3 rings (SSSR count). The van der Waals surface area contributed by atoms with E-state index in [9.17, 15) is 4.79 Å². The van der Waals surface area contributed by atoms with Gasteiger partial charge in [-0.2, -0.15) is 0 Å². The molecule has 0 aliphatic heterocycles. The van der Waals surface area contributed by atoms with Crippen LogP contribution in [0.5, 0.6) is 11.5 Å². The highest BCUT2D eigenvalue weighted by Gasteiger charge is 2.17. The molecular weight excluding hydrogens is 394 g/mol. The molecule has 31 heavy (non-hydrogen) atoms. The molecule has 1 unspecified atom stereocenters. The summed E-state index contributed by atoms with van der Waals surface area (Å²) >= 11 is 0. The first kappa shape index (κ1) is 22.2. The van der Waals surface area contributed by atoms with Crippen molar-refractivity contribution in [2.45, 2.75) is 38.8 Å². The van der Waals surface area contributed by atoms with Crippen molar-refractivity contribution in [2.24, 2.45) is 0 Å². The van der Waals surface area contributed by atoms with Crippen molar-refractivity contribution in [3.05, 3.63) is 77.2 Å². The number of benzene rings is 2. The lowest BCUT2D eigenvalue weighted by atomic mass is 9.98. The Morgan fingerprint density at radius 1 is 1.03 bits per heavy atom. The van der Waals surface area contributed by atoms with E-state index in [2.05, 4.69) is 15.8 Å². The van der Waals surface area contributed by atoms with E-state index in [1.54, 1.807) is 14.2 Å². The summed E-state index contributed by atoms with van der Waals surface area (Å²) < 4.78 is 16.0. The van der Waals surface area contributed by atoms with Crippen LogP contribution in [0, 0.1) is 0 Å². The molecule has 1 aromatic heterocycles. The fourth-order valence-corrected chi connectivity index (χ4v) is 3.24. The first-order chi connectivity index (χ1) is 15.0. The van der Waals surface area contributed by atoms with E-state index >= 15 is 0 Å². The zero-order valence-electron chi connectivity index (χ0n) is 18.3. The number of rotatable bonds is 9. The van der Waals surface area contributed by atoms with Crippen LogP contribution in [0.2, 0.25) is 0 Å². The lowest BCUT2D eigenvalue weighted by Gasteiger charge is -2.20. The zero-order valence-corrected chi connectivity index (χ0v) is 18.3. The number of methoxy groups -OCH3 is 2. The van der Waals surface area contributed by atoms with Gasteiger partial charge in [-0.1, -0.05) is 55.4 Å². The van der Waals surface area contributed by atoms with E-state index in [0.717, 1.165) is 16.8 Å². The Morgan fingerprint density at radius 3 is 2.42 bits per heavy atom. The number of amides is 2. The van der Waals surface area contributed by atoms with Crippen molar-refractivity contribution in [1.82, 2.24) is 15.8 Å². The molecule has 0 saturated carbocycles. The third-order valence-electron chi connectivity index (χ3n) is 4.99. The van der Waals surface area contributed by atoms with Crippen molar-refractivity contribution < 1.29 is 18.8 Å². The normalized spacial score (nSPS) is 11.8. The Morgan fingerprint density at radius 2 is 1.77 bits per heavy atom. The number of urea groups is 1. The first-order valence-corrected chi connectivity index (χ1v) is 10.3.